The Bertz CT molecular complexity index is 1420. The molecule has 9 N–H and O–H groups in total. The summed E-state index contributed by atoms with van der Waals surface area (Å²) in [6.45, 7) is 2.17. The standard InChI is InChI=1S/C29H39F3N8O9/c1-14(2)22-26(47)37-17(5-4-10-34-28(33)40-27(48)29(30,31)32)23(44)35-13-20(41)36-19(12-21(42)43)24(45)38-18(25(46)39-22)11-15-6-8-16(49-3)9-7-15/h6-9,14,17-19,22H,4-5,10-13H2,1-3H3,(H,35,44)(H,36,41)(H,37,47)(H,38,45)(H,39,46)(H,42,43)(H3,33,34,40,48)/t17-,18+,19-,22-/m0/s1. The number of guanidine groups is 1. The van der Waals surface area contributed by atoms with E-state index in [9.17, 15) is 51.8 Å². The quantitative estimate of drug-likeness (QED) is 0.0773. The van der Waals surface area contributed by atoms with Crippen LogP contribution in [0.5, 0.6) is 5.75 Å². The number of amides is 6. The summed E-state index contributed by atoms with van der Waals surface area (Å²) < 4.78 is 42.5. The maximum atomic E-state index is 13.6. The van der Waals surface area contributed by atoms with Crippen molar-refractivity contribution in [3.63, 3.8) is 0 Å². The van der Waals surface area contributed by atoms with Gasteiger partial charge in [0, 0.05) is 13.0 Å². The van der Waals surface area contributed by atoms with Gasteiger partial charge in [0.2, 0.25) is 29.5 Å². The van der Waals surface area contributed by atoms with Gasteiger partial charge in [0.05, 0.1) is 20.1 Å². The Morgan fingerprint density at radius 3 is 2.14 bits per heavy atom. The minimum absolute atomic E-state index is 0.0606. The summed E-state index contributed by atoms with van der Waals surface area (Å²) in [4.78, 5) is 92.2. The number of carboxylic acids is 1. The molecule has 4 atom stereocenters. The molecule has 0 aromatic heterocycles. The fraction of sp³-hybridized carbons (Fsp3) is 0.517. The van der Waals surface area contributed by atoms with Crippen molar-refractivity contribution in [1.29, 1.82) is 0 Å². The number of halogens is 3. The second-order valence-electron chi connectivity index (χ2n) is 11.2. The zero-order valence-corrected chi connectivity index (χ0v) is 26.8. The number of nitrogens with one attached hydrogen (secondary N) is 6. The summed E-state index contributed by atoms with van der Waals surface area (Å²) in [5.41, 5.74) is 5.87. The van der Waals surface area contributed by atoms with Crippen LogP contribution in [-0.4, -0.2) is 103 Å². The predicted octanol–water partition coefficient (Wildman–Crippen LogP) is -1.79. The highest BCUT2D eigenvalue weighted by atomic mass is 19.4. The van der Waals surface area contributed by atoms with Gasteiger partial charge in [-0.05, 0) is 36.5 Å². The summed E-state index contributed by atoms with van der Waals surface area (Å²) in [5, 5.41) is 22.7. The van der Waals surface area contributed by atoms with Crippen LogP contribution in [0.15, 0.2) is 29.3 Å². The molecular formula is C29H39F3N8O9. The van der Waals surface area contributed by atoms with Gasteiger partial charge in [0.15, 0.2) is 5.96 Å². The molecule has 1 heterocycles. The molecule has 1 aliphatic rings. The molecule has 6 amide bonds. The molecule has 1 saturated heterocycles. The first-order valence-corrected chi connectivity index (χ1v) is 14.9. The first-order valence-electron chi connectivity index (χ1n) is 14.9. The van der Waals surface area contributed by atoms with Gasteiger partial charge in [-0.2, -0.15) is 13.2 Å². The smallest absolute Gasteiger partial charge is 0.471 e. The fourth-order valence-electron chi connectivity index (χ4n) is 4.44. The van der Waals surface area contributed by atoms with Crippen LogP contribution in [0.25, 0.3) is 0 Å². The number of methoxy groups -OCH3 is 1. The Labute approximate surface area is 278 Å². The number of carboxylic acid groups (broad SMARTS) is 1. The van der Waals surface area contributed by atoms with E-state index in [0.29, 0.717) is 11.3 Å². The van der Waals surface area contributed by atoms with Gasteiger partial charge in [-0.25, -0.2) is 0 Å². The number of alkyl halides is 3. The highest BCUT2D eigenvalue weighted by molar-refractivity contribution is 5.99. The van der Waals surface area contributed by atoms with Crippen LogP contribution in [-0.2, 0) is 40.0 Å². The molecule has 270 valence electrons. The van der Waals surface area contributed by atoms with Gasteiger partial charge >= 0.3 is 18.1 Å². The van der Waals surface area contributed by atoms with Gasteiger partial charge in [0.25, 0.3) is 0 Å². The van der Waals surface area contributed by atoms with E-state index in [1.807, 2.05) is 0 Å². The number of ether oxygens (including phenoxy) is 1. The molecule has 1 aliphatic heterocycles. The van der Waals surface area contributed by atoms with Gasteiger partial charge in [0.1, 0.15) is 29.9 Å². The lowest BCUT2D eigenvalue weighted by Crippen LogP contribution is -2.59. The summed E-state index contributed by atoms with van der Waals surface area (Å²) >= 11 is 0. The molecule has 0 unspecified atom stereocenters. The topological polar surface area (TPSA) is 260 Å². The largest absolute Gasteiger partial charge is 0.497 e. The molecule has 1 aromatic rings. The molecular weight excluding hydrogens is 661 g/mol. The first kappa shape index (κ1) is 39.7. The Morgan fingerprint density at radius 1 is 0.959 bits per heavy atom. The highest BCUT2D eigenvalue weighted by Crippen LogP contribution is 2.15. The van der Waals surface area contributed by atoms with Crippen molar-refractivity contribution < 1.29 is 56.6 Å². The molecule has 20 heteroatoms. The minimum Gasteiger partial charge on any atom is -0.497 e. The lowest BCUT2D eigenvalue weighted by atomic mass is 9.99. The summed E-state index contributed by atoms with van der Waals surface area (Å²) in [7, 11) is 1.46. The number of rotatable bonds is 10. The van der Waals surface area contributed by atoms with Crippen molar-refractivity contribution >= 4 is 47.4 Å². The van der Waals surface area contributed by atoms with Crippen molar-refractivity contribution in [2.45, 2.75) is 69.9 Å². The molecule has 0 radical (unpaired) electrons. The Hall–Kier alpha value is -5.43. The van der Waals surface area contributed by atoms with Gasteiger partial charge in [-0.15, -0.1) is 0 Å². The van der Waals surface area contributed by atoms with Crippen LogP contribution in [0.2, 0.25) is 0 Å². The zero-order valence-electron chi connectivity index (χ0n) is 26.8. The Balaban J connectivity index is 2.37. The number of nitrogens with two attached hydrogens (primary N) is 1. The van der Waals surface area contributed by atoms with Crippen molar-refractivity contribution in [3.05, 3.63) is 29.8 Å². The van der Waals surface area contributed by atoms with Crippen molar-refractivity contribution in [2.24, 2.45) is 16.6 Å². The number of hydrogen-bond acceptors (Lipinski definition) is 9. The number of hydrogen-bond donors (Lipinski definition) is 8. The second kappa shape index (κ2) is 18.2. The average Bonchev–Trinajstić information content (AvgIpc) is 3.02. The maximum Gasteiger partial charge on any atom is 0.471 e. The lowest BCUT2D eigenvalue weighted by molar-refractivity contribution is -0.171. The third-order valence-electron chi connectivity index (χ3n) is 7.00. The molecule has 0 aliphatic carbocycles. The fourth-order valence-corrected chi connectivity index (χ4v) is 4.44. The molecule has 1 fully saturated rings. The number of carbonyl (C=O) groups excluding carboxylic acids is 6. The van der Waals surface area contributed by atoms with Gasteiger partial charge in [-0.3, -0.25) is 43.9 Å². The summed E-state index contributed by atoms with van der Waals surface area (Å²) in [6.07, 6.45) is -6.43. The van der Waals surface area contributed by atoms with E-state index in [1.54, 1.807) is 38.1 Å². The molecule has 0 bridgehead atoms. The van der Waals surface area contributed by atoms with Crippen LogP contribution in [0.1, 0.15) is 38.7 Å². The zero-order chi connectivity index (χ0) is 36.9. The predicted molar refractivity (Wildman–Crippen MR) is 164 cm³/mol. The van der Waals surface area contributed by atoms with Crippen LogP contribution in [0.4, 0.5) is 13.2 Å². The van der Waals surface area contributed by atoms with Crippen LogP contribution in [0, 0.1) is 5.92 Å². The summed E-state index contributed by atoms with van der Waals surface area (Å²) in [6, 6.07) is 0.838. The normalized spacial score (nSPS) is 21.6. The van der Waals surface area contributed by atoms with E-state index in [4.69, 9.17) is 10.5 Å². The van der Waals surface area contributed by atoms with Crippen molar-refractivity contribution in [1.82, 2.24) is 31.9 Å². The van der Waals surface area contributed by atoms with Crippen molar-refractivity contribution in [3.8, 4) is 5.75 Å². The minimum atomic E-state index is -5.20. The molecule has 0 saturated carbocycles. The third-order valence-corrected chi connectivity index (χ3v) is 7.00. The Kier molecular flexibility index (Phi) is 14.8. The number of aliphatic imine (C=N–C) groups is 1. The van der Waals surface area contributed by atoms with E-state index in [0.717, 1.165) is 0 Å². The molecule has 49 heavy (non-hydrogen) atoms. The Morgan fingerprint density at radius 2 is 1.57 bits per heavy atom. The van der Waals surface area contributed by atoms with E-state index < -0.39 is 96.6 Å². The number of carbonyl (C=O) groups is 7. The summed E-state index contributed by atoms with van der Waals surface area (Å²) in [5.74, 6) is -9.20. The first-order chi connectivity index (χ1) is 22.9. The molecule has 17 nitrogen and oxygen atoms in total. The van der Waals surface area contributed by atoms with E-state index in [-0.39, 0.29) is 25.8 Å². The van der Waals surface area contributed by atoms with E-state index in [1.165, 1.54) is 12.4 Å². The number of benzene rings is 1. The molecule has 2 rings (SSSR count). The average molecular weight is 701 g/mol. The molecule has 1 aromatic carbocycles. The monoisotopic (exact) mass is 700 g/mol. The maximum absolute atomic E-state index is 13.6. The van der Waals surface area contributed by atoms with Gasteiger partial charge < -0.3 is 42.2 Å². The van der Waals surface area contributed by atoms with Crippen LogP contribution < -0.4 is 42.4 Å². The van der Waals surface area contributed by atoms with Crippen molar-refractivity contribution in [2.75, 3.05) is 20.2 Å². The number of nitrogens with zero attached hydrogens (tertiary/aromatic N) is 1. The van der Waals surface area contributed by atoms with Crippen LogP contribution >= 0.6 is 0 Å². The molecule has 0 spiro atoms. The van der Waals surface area contributed by atoms with E-state index in [2.05, 4.69) is 31.6 Å². The van der Waals surface area contributed by atoms with E-state index >= 15 is 0 Å². The third kappa shape index (κ3) is 13.3. The van der Waals surface area contributed by atoms with Crippen LogP contribution in [0.3, 0.4) is 0 Å². The van der Waals surface area contributed by atoms with Gasteiger partial charge in [-0.1, -0.05) is 26.0 Å². The highest BCUT2D eigenvalue weighted by Gasteiger charge is 2.39. The number of aliphatic carboxylic acids is 1. The SMILES string of the molecule is COc1ccc(C[C@H]2NC(=O)[C@H](CC(=O)O)NC(=O)CNC(=O)[C@H](CCCN=C(N)NC(=O)C(F)(F)F)NC(=O)[C@H](C(C)C)NC2=O)cc1. The lowest BCUT2D eigenvalue weighted by Gasteiger charge is -2.27. The second-order valence-corrected chi connectivity index (χ2v) is 11.2.